The van der Waals surface area contributed by atoms with Crippen molar-refractivity contribution in [3.8, 4) is 11.5 Å². The SMILES string of the molecule is COc1cc2c(cc1OC)[C@H](CC(=O)c1c(C)cc(C)cc1C)NCC2. The fourth-order valence-electron chi connectivity index (χ4n) is 4.06. The van der Waals surface area contributed by atoms with Crippen LogP contribution >= 0.6 is 0 Å². The maximum atomic E-state index is 13.1. The van der Waals surface area contributed by atoms with Gasteiger partial charge in [0.05, 0.1) is 14.2 Å². The molecular formula is C22H27NO3. The smallest absolute Gasteiger partial charge is 0.165 e. The molecule has 1 atom stereocenters. The third-order valence-electron chi connectivity index (χ3n) is 5.15. The fourth-order valence-corrected chi connectivity index (χ4v) is 4.06. The summed E-state index contributed by atoms with van der Waals surface area (Å²) in [5.74, 6) is 1.62. The Hall–Kier alpha value is -2.33. The summed E-state index contributed by atoms with van der Waals surface area (Å²) < 4.78 is 10.9. The molecule has 0 amide bonds. The predicted molar refractivity (Wildman–Crippen MR) is 104 cm³/mol. The number of carbonyl (C=O) groups is 1. The maximum Gasteiger partial charge on any atom is 0.165 e. The maximum absolute atomic E-state index is 13.1. The zero-order valence-corrected chi connectivity index (χ0v) is 16.2. The van der Waals surface area contributed by atoms with Crippen LogP contribution in [0.5, 0.6) is 11.5 Å². The van der Waals surface area contributed by atoms with E-state index in [4.69, 9.17) is 9.47 Å². The molecule has 0 fully saturated rings. The topological polar surface area (TPSA) is 47.6 Å². The Bertz CT molecular complexity index is 819. The van der Waals surface area contributed by atoms with E-state index < -0.39 is 0 Å². The van der Waals surface area contributed by atoms with Gasteiger partial charge in [0.2, 0.25) is 0 Å². The Morgan fingerprint density at radius 3 is 2.27 bits per heavy atom. The number of methoxy groups -OCH3 is 2. The summed E-state index contributed by atoms with van der Waals surface area (Å²) in [4.78, 5) is 13.1. The van der Waals surface area contributed by atoms with Crippen molar-refractivity contribution in [3.05, 3.63) is 57.6 Å². The summed E-state index contributed by atoms with van der Waals surface area (Å²) in [6, 6.07) is 8.19. The van der Waals surface area contributed by atoms with Gasteiger partial charge in [-0.05, 0) is 68.1 Å². The monoisotopic (exact) mass is 353 g/mol. The molecule has 1 aliphatic heterocycles. The average Bonchev–Trinajstić information content (AvgIpc) is 2.59. The Balaban J connectivity index is 1.92. The number of ketones is 1. The van der Waals surface area contributed by atoms with Gasteiger partial charge in [0.25, 0.3) is 0 Å². The molecule has 3 rings (SSSR count). The van der Waals surface area contributed by atoms with Crippen molar-refractivity contribution in [1.82, 2.24) is 5.32 Å². The lowest BCUT2D eigenvalue weighted by Crippen LogP contribution is -2.31. The van der Waals surface area contributed by atoms with Gasteiger partial charge >= 0.3 is 0 Å². The number of hydrogen-bond acceptors (Lipinski definition) is 4. The van der Waals surface area contributed by atoms with E-state index >= 15 is 0 Å². The summed E-state index contributed by atoms with van der Waals surface area (Å²) in [5, 5.41) is 3.50. The number of aryl methyl sites for hydroxylation is 3. The molecule has 4 nitrogen and oxygen atoms in total. The second-order valence-corrected chi connectivity index (χ2v) is 7.06. The third-order valence-corrected chi connectivity index (χ3v) is 5.15. The standard InChI is InChI=1S/C22H27NO3/c1-13-8-14(2)22(15(3)9-13)19(24)12-18-17-11-21(26-5)20(25-4)10-16(17)6-7-23-18/h8-11,18,23H,6-7,12H2,1-5H3/t18-/m0/s1. The van der Waals surface area contributed by atoms with Crippen LogP contribution in [0.3, 0.4) is 0 Å². The van der Waals surface area contributed by atoms with Crippen LogP contribution in [0, 0.1) is 20.8 Å². The van der Waals surface area contributed by atoms with Crippen LogP contribution in [-0.2, 0) is 6.42 Å². The van der Waals surface area contributed by atoms with Crippen molar-refractivity contribution in [2.75, 3.05) is 20.8 Å². The first-order valence-electron chi connectivity index (χ1n) is 9.03. The zero-order valence-electron chi connectivity index (χ0n) is 16.2. The second-order valence-electron chi connectivity index (χ2n) is 7.06. The number of ether oxygens (including phenoxy) is 2. The van der Waals surface area contributed by atoms with Gasteiger partial charge in [-0.1, -0.05) is 17.7 Å². The van der Waals surface area contributed by atoms with Crippen LogP contribution < -0.4 is 14.8 Å². The molecule has 138 valence electrons. The molecule has 0 aromatic heterocycles. The molecule has 0 spiro atoms. The quantitative estimate of drug-likeness (QED) is 0.823. The Morgan fingerprint density at radius 1 is 1.04 bits per heavy atom. The molecule has 2 aromatic carbocycles. The van der Waals surface area contributed by atoms with E-state index in [-0.39, 0.29) is 11.8 Å². The molecular weight excluding hydrogens is 326 g/mol. The van der Waals surface area contributed by atoms with E-state index in [0.29, 0.717) is 12.2 Å². The number of rotatable bonds is 5. The number of nitrogens with one attached hydrogen (secondary N) is 1. The first kappa shape index (κ1) is 18.5. The highest BCUT2D eigenvalue weighted by atomic mass is 16.5. The van der Waals surface area contributed by atoms with Crippen LogP contribution in [0.25, 0.3) is 0 Å². The van der Waals surface area contributed by atoms with E-state index in [1.165, 1.54) is 11.1 Å². The summed E-state index contributed by atoms with van der Waals surface area (Å²) in [6.07, 6.45) is 1.36. The highest BCUT2D eigenvalue weighted by Crippen LogP contribution is 2.36. The molecule has 0 saturated carbocycles. The molecule has 0 aliphatic carbocycles. The number of benzene rings is 2. The van der Waals surface area contributed by atoms with Gasteiger partial charge in [-0.2, -0.15) is 0 Å². The normalized spacial score (nSPS) is 16.1. The average molecular weight is 353 g/mol. The molecule has 26 heavy (non-hydrogen) atoms. The largest absolute Gasteiger partial charge is 0.493 e. The van der Waals surface area contributed by atoms with Gasteiger partial charge in [0, 0.05) is 18.0 Å². The van der Waals surface area contributed by atoms with E-state index in [0.717, 1.165) is 41.0 Å². The highest BCUT2D eigenvalue weighted by Gasteiger charge is 2.26. The minimum absolute atomic E-state index is 0.00819. The van der Waals surface area contributed by atoms with Crippen LogP contribution in [0.2, 0.25) is 0 Å². The fraction of sp³-hybridized carbons (Fsp3) is 0.409. The lowest BCUT2D eigenvalue weighted by atomic mass is 9.87. The number of Topliss-reactive ketones (excluding diaryl/α,β-unsaturated/α-hetero) is 1. The minimum Gasteiger partial charge on any atom is -0.493 e. The Kier molecular flexibility index (Phi) is 5.33. The van der Waals surface area contributed by atoms with Crippen LogP contribution in [0.4, 0.5) is 0 Å². The highest BCUT2D eigenvalue weighted by molar-refractivity contribution is 5.99. The van der Waals surface area contributed by atoms with Crippen molar-refractivity contribution in [3.63, 3.8) is 0 Å². The predicted octanol–water partition coefficient (Wildman–Crippen LogP) is 4.09. The summed E-state index contributed by atoms with van der Waals surface area (Å²) >= 11 is 0. The summed E-state index contributed by atoms with van der Waals surface area (Å²) in [5.41, 5.74) is 6.49. The van der Waals surface area contributed by atoms with E-state index in [1.807, 2.05) is 26.0 Å². The molecule has 1 heterocycles. The van der Waals surface area contributed by atoms with Crippen molar-refractivity contribution >= 4 is 5.78 Å². The van der Waals surface area contributed by atoms with Crippen LogP contribution in [0.15, 0.2) is 24.3 Å². The first-order valence-corrected chi connectivity index (χ1v) is 9.03. The van der Waals surface area contributed by atoms with Crippen LogP contribution in [-0.4, -0.2) is 26.5 Å². The van der Waals surface area contributed by atoms with Crippen LogP contribution in [0.1, 0.15) is 50.6 Å². The number of fused-ring (bicyclic) bond motifs is 1. The van der Waals surface area contributed by atoms with Gasteiger partial charge in [-0.3, -0.25) is 4.79 Å². The molecule has 0 unspecified atom stereocenters. The molecule has 1 aliphatic rings. The summed E-state index contributed by atoms with van der Waals surface area (Å²) in [6.45, 7) is 6.95. The molecule has 1 N–H and O–H groups in total. The van der Waals surface area contributed by atoms with Gasteiger partial charge in [-0.15, -0.1) is 0 Å². The summed E-state index contributed by atoms with van der Waals surface area (Å²) in [7, 11) is 3.29. The van der Waals surface area contributed by atoms with Crippen molar-refractivity contribution < 1.29 is 14.3 Å². The molecule has 2 aromatic rings. The lowest BCUT2D eigenvalue weighted by Gasteiger charge is -2.28. The molecule has 0 radical (unpaired) electrons. The Labute approximate surface area is 155 Å². The number of hydrogen-bond donors (Lipinski definition) is 1. The third kappa shape index (κ3) is 3.47. The van der Waals surface area contributed by atoms with E-state index in [1.54, 1.807) is 14.2 Å². The second kappa shape index (κ2) is 7.50. The minimum atomic E-state index is -0.00819. The molecule has 0 saturated heterocycles. The van der Waals surface area contributed by atoms with E-state index in [9.17, 15) is 4.79 Å². The molecule has 4 heteroatoms. The number of carbonyl (C=O) groups excluding carboxylic acids is 1. The van der Waals surface area contributed by atoms with E-state index in [2.05, 4.69) is 24.4 Å². The van der Waals surface area contributed by atoms with Gasteiger partial charge < -0.3 is 14.8 Å². The van der Waals surface area contributed by atoms with Gasteiger partial charge in [0.1, 0.15) is 0 Å². The van der Waals surface area contributed by atoms with Gasteiger partial charge in [0.15, 0.2) is 17.3 Å². The van der Waals surface area contributed by atoms with Crippen molar-refractivity contribution in [2.45, 2.75) is 39.7 Å². The van der Waals surface area contributed by atoms with Gasteiger partial charge in [-0.25, -0.2) is 0 Å². The van der Waals surface area contributed by atoms with Crippen molar-refractivity contribution in [2.24, 2.45) is 0 Å². The zero-order chi connectivity index (χ0) is 18.8. The Morgan fingerprint density at radius 2 is 1.65 bits per heavy atom. The van der Waals surface area contributed by atoms with Crippen molar-refractivity contribution in [1.29, 1.82) is 0 Å². The first-order chi connectivity index (χ1) is 12.4. The molecule has 0 bridgehead atoms. The lowest BCUT2D eigenvalue weighted by molar-refractivity contribution is 0.0966.